The standard InChI is InChI=1S/C6H8O4/c1-4(8)2-5(9)6(10)3-7/h2-3,7-10H,1H2. The average Bonchev–Trinajstić information content (AvgIpc) is 1.85. The van der Waals surface area contributed by atoms with Gasteiger partial charge in [0.1, 0.15) is 12.0 Å². The van der Waals surface area contributed by atoms with E-state index in [1.165, 1.54) is 0 Å². The van der Waals surface area contributed by atoms with Gasteiger partial charge in [0, 0.05) is 6.08 Å². The summed E-state index contributed by atoms with van der Waals surface area (Å²) in [6, 6.07) is 0. The van der Waals surface area contributed by atoms with E-state index in [4.69, 9.17) is 20.4 Å². The van der Waals surface area contributed by atoms with E-state index in [9.17, 15) is 0 Å². The molecule has 0 heterocycles. The molecule has 0 bridgehead atoms. The molecular weight excluding hydrogens is 136 g/mol. The molecule has 0 aromatic carbocycles. The van der Waals surface area contributed by atoms with E-state index in [1.54, 1.807) is 0 Å². The van der Waals surface area contributed by atoms with Gasteiger partial charge in [0.2, 0.25) is 0 Å². The van der Waals surface area contributed by atoms with Crippen LogP contribution >= 0.6 is 0 Å². The van der Waals surface area contributed by atoms with Crippen molar-refractivity contribution in [2.45, 2.75) is 0 Å². The predicted octanol–water partition coefficient (Wildman–Crippen LogP) is 1.46. The molecular formula is C6H8O4. The minimum absolute atomic E-state index is 0.300. The monoisotopic (exact) mass is 144 g/mol. The Balaban J connectivity index is 4.35. The van der Waals surface area contributed by atoms with E-state index >= 15 is 0 Å². The zero-order valence-corrected chi connectivity index (χ0v) is 5.15. The van der Waals surface area contributed by atoms with Crippen LogP contribution in [0.2, 0.25) is 0 Å². The second-order valence-corrected chi connectivity index (χ2v) is 1.54. The zero-order valence-electron chi connectivity index (χ0n) is 5.15. The third-order valence-electron chi connectivity index (χ3n) is 0.688. The molecule has 0 atom stereocenters. The fourth-order valence-electron chi connectivity index (χ4n) is 0.298. The molecule has 0 aliphatic rings. The smallest absolute Gasteiger partial charge is 0.192 e. The first-order valence-corrected chi connectivity index (χ1v) is 2.40. The van der Waals surface area contributed by atoms with Crippen molar-refractivity contribution in [3.63, 3.8) is 0 Å². The Morgan fingerprint density at radius 1 is 1.10 bits per heavy atom. The third-order valence-corrected chi connectivity index (χ3v) is 0.688. The van der Waals surface area contributed by atoms with E-state index in [-0.39, 0.29) is 0 Å². The summed E-state index contributed by atoms with van der Waals surface area (Å²) in [6.07, 6.45) is 1.09. The van der Waals surface area contributed by atoms with Crippen LogP contribution in [0.3, 0.4) is 0 Å². The molecule has 4 N–H and O–H groups in total. The Kier molecular flexibility index (Phi) is 2.90. The number of aliphatic hydroxyl groups is 4. The van der Waals surface area contributed by atoms with Gasteiger partial charge in [-0.1, -0.05) is 6.58 Å². The van der Waals surface area contributed by atoms with Crippen LogP contribution in [-0.2, 0) is 0 Å². The Labute approximate surface area is 57.7 Å². The predicted molar refractivity (Wildman–Crippen MR) is 35.8 cm³/mol. The number of hydrogen-bond donors (Lipinski definition) is 4. The van der Waals surface area contributed by atoms with Gasteiger partial charge >= 0.3 is 0 Å². The Hall–Kier alpha value is -1.58. The fraction of sp³-hybridized carbons (Fsp3) is 0. The van der Waals surface area contributed by atoms with E-state index in [0.29, 0.717) is 6.26 Å². The summed E-state index contributed by atoms with van der Waals surface area (Å²) in [5.41, 5.74) is 0. The average molecular weight is 144 g/mol. The molecule has 10 heavy (non-hydrogen) atoms. The molecule has 0 spiro atoms. The maximum atomic E-state index is 8.65. The van der Waals surface area contributed by atoms with Crippen molar-refractivity contribution in [3.8, 4) is 0 Å². The lowest BCUT2D eigenvalue weighted by molar-refractivity contribution is 0.301. The summed E-state index contributed by atoms with van der Waals surface area (Å²) in [5.74, 6) is -1.78. The lowest BCUT2D eigenvalue weighted by Gasteiger charge is -1.94. The number of hydrogen-bond acceptors (Lipinski definition) is 4. The quantitative estimate of drug-likeness (QED) is 0.349. The minimum Gasteiger partial charge on any atom is -0.512 e. The molecule has 0 aromatic heterocycles. The lowest BCUT2D eigenvalue weighted by Crippen LogP contribution is -1.87. The number of rotatable bonds is 2. The molecule has 0 aromatic rings. The van der Waals surface area contributed by atoms with Gasteiger partial charge in [-0.25, -0.2) is 0 Å². The summed E-state index contributed by atoms with van der Waals surface area (Å²) < 4.78 is 0. The van der Waals surface area contributed by atoms with Crippen LogP contribution in [-0.4, -0.2) is 20.4 Å². The normalized spacial score (nSPS) is 13.2. The first kappa shape index (κ1) is 8.42. The third kappa shape index (κ3) is 2.66. The van der Waals surface area contributed by atoms with E-state index in [1.807, 2.05) is 0 Å². The first-order valence-electron chi connectivity index (χ1n) is 2.40. The van der Waals surface area contributed by atoms with Gasteiger partial charge in [-0.15, -0.1) is 0 Å². The van der Waals surface area contributed by atoms with Crippen molar-refractivity contribution in [2.75, 3.05) is 0 Å². The van der Waals surface area contributed by atoms with E-state index in [0.717, 1.165) is 6.08 Å². The molecule has 4 heteroatoms. The van der Waals surface area contributed by atoms with Crippen molar-refractivity contribution in [3.05, 3.63) is 36.2 Å². The molecule has 0 fully saturated rings. The first-order chi connectivity index (χ1) is 4.57. The summed E-state index contributed by atoms with van der Waals surface area (Å²) in [4.78, 5) is 0. The minimum atomic E-state index is -0.727. The van der Waals surface area contributed by atoms with Gasteiger partial charge < -0.3 is 20.4 Å². The van der Waals surface area contributed by atoms with Crippen LogP contribution in [0, 0.1) is 0 Å². The van der Waals surface area contributed by atoms with Crippen molar-refractivity contribution >= 4 is 0 Å². The van der Waals surface area contributed by atoms with Crippen LogP contribution < -0.4 is 0 Å². The van der Waals surface area contributed by atoms with Gasteiger partial charge in [-0.2, -0.15) is 0 Å². The van der Waals surface area contributed by atoms with Crippen molar-refractivity contribution < 1.29 is 20.4 Å². The molecule has 0 aliphatic carbocycles. The van der Waals surface area contributed by atoms with Gasteiger partial charge in [-0.05, 0) is 0 Å². The fourth-order valence-corrected chi connectivity index (χ4v) is 0.298. The van der Waals surface area contributed by atoms with Crippen LogP contribution in [0.4, 0.5) is 0 Å². The highest BCUT2D eigenvalue weighted by Gasteiger charge is 1.98. The molecule has 0 unspecified atom stereocenters. The van der Waals surface area contributed by atoms with Gasteiger partial charge in [0.25, 0.3) is 0 Å². The Bertz CT molecular complexity index is 190. The second kappa shape index (κ2) is 3.45. The topological polar surface area (TPSA) is 80.9 Å². The largest absolute Gasteiger partial charge is 0.512 e. The molecule has 0 saturated carbocycles. The number of allylic oxidation sites excluding steroid dienone is 1. The lowest BCUT2D eigenvalue weighted by atomic mass is 10.4. The van der Waals surface area contributed by atoms with Gasteiger partial charge in [0.15, 0.2) is 11.5 Å². The maximum absolute atomic E-state index is 8.65. The summed E-state index contributed by atoms with van der Waals surface area (Å²) >= 11 is 0. The van der Waals surface area contributed by atoms with E-state index in [2.05, 4.69) is 6.58 Å². The number of aliphatic hydroxyl groups excluding tert-OH is 4. The highest BCUT2D eigenvalue weighted by Crippen LogP contribution is 2.02. The summed E-state index contributed by atoms with van der Waals surface area (Å²) in [7, 11) is 0. The highest BCUT2D eigenvalue weighted by molar-refractivity contribution is 5.22. The molecule has 0 saturated heterocycles. The Morgan fingerprint density at radius 2 is 1.60 bits per heavy atom. The van der Waals surface area contributed by atoms with Crippen LogP contribution in [0.1, 0.15) is 0 Å². The SMILES string of the molecule is C=C(O)C=C(O)C(O)=CO. The van der Waals surface area contributed by atoms with Crippen molar-refractivity contribution in [1.82, 2.24) is 0 Å². The molecule has 0 radical (unpaired) electrons. The van der Waals surface area contributed by atoms with Crippen LogP contribution in [0.5, 0.6) is 0 Å². The van der Waals surface area contributed by atoms with E-state index < -0.39 is 17.3 Å². The van der Waals surface area contributed by atoms with Crippen LogP contribution in [0.15, 0.2) is 36.2 Å². The molecule has 56 valence electrons. The van der Waals surface area contributed by atoms with Gasteiger partial charge in [0.05, 0.1) is 0 Å². The summed E-state index contributed by atoms with van der Waals surface area (Å²) in [6.45, 7) is 3.01. The highest BCUT2D eigenvalue weighted by atomic mass is 16.3. The molecule has 4 nitrogen and oxygen atoms in total. The molecule has 0 amide bonds. The Morgan fingerprint density at radius 3 is 1.90 bits per heavy atom. The maximum Gasteiger partial charge on any atom is 0.192 e. The van der Waals surface area contributed by atoms with Crippen molar-refractivity contribution in [1.29, 1.82) is 0 Å². The second-order valence-electron chi connectivity index (χ2n) is 1.54. The van der Waals surface area contributed by atoms with Crippen molar-refractivity contribution in [2.24, 2.45) is 0 Å². The molecule has 0 rings (SSSR count). The zero-order chi connectivity index (χ0) is 8.15. The van der Waals surface area contributed by atoms with Gasteiger partial charge in [-0.3, -0.25) is 0 Å². The summed E-state index contributed by atoms with van der Waals surface area (Å²) in [5, 5.41) is 33.7. The van der Waals surface area contributed by atoms with Crippen LogP contribution in [0.25, 0.3) is 0 Å². The molecule has 0 aliphatic heterocycles.